The highest BCUT2D eigenvalue weighted by Crippen LogP contribution is 2.32. The zero-order chi connectivity index (χ0) is 13.1. The molecule has 0 spiro atoms. The van der Waals surface area contributed by atoms with Crippen LogP contribution in [0.5, 0.6) is 0 Å². The third kappa shape index (κ3) is 3.11. The van der Waals surface area contributed by atoms with Gasteiger partial charge in [0.1, 0.15) is 0 Å². The highest BCUT2D eigenvalue weighted by atomic mass is 15.2. The van der Waals surface area contributed by atoms with Gasteiger partial charge in [0.25, 0.3) is 0 Å². The van der Waals surface area contributed by atoms with E-state index >= 15 is 0 Å². The molecule has 1 aromatic carbocycles. The summed E-state index contributed by atoms with van der Waals surface area (Å²) in [6.45, 7) is 2.56. The molecule has 2 aliphatic rings. The minimum atomic E-state index is 0.725. The molecule has 2 N–H and O–H groups in total. The molecular formula is C17H26N2. The van der Waals surface area contributed by atoms with Gasteiger partial charge in [0, 0.05) is 11.7 Å². The van der Waals surface area contributed by atoms with Crippen LogP contribution >= 0.6 is 0 Å². The fourth-order valence-corrected chi connectivity index (χ4v) is 3.86. The maximum absolute atomic E-state index is 5.90. The van der Waals surface area contributed by atoms with E-state index in [0.717, 1.165) is 17.6 Å². The van der Waals surface area contributed by atoms with Gasteiger partial charge in [-0.25, -0.2) is 0 Å². The first-order valence-electron chi connectivity index (χ1n) is 7.92. The first-order valence-corrected chi connectivity index (χ1v) is 7.92. The second-order valence-corrected chi connectivity index (χ2v) is 6.27. The average molecular weight is 258 g/mol. The number of benzene rings is 1. The van der Waals surface area contributed by atoms with Crippen molar-refractivity contribution in [3.05, 3.63) is 29.8 Å². The smallest absolute Gasteiger partial charge is 0.0316 e. The molecule has 1 saturated carbocycles. The van der Waals surface area contributed by atoms with E-state index in [1.165, 1.54) is 63.6 Å². The molecule has 3 rings (SSSR count). The van der Waals surface area contributed by atoms with E-state index < -0.39 is 0 Å². The van der Waals surface area contributed by atoms with E-state index in [1.54, 1.807) is 0 Å². The van der Waals surface area contributed by atoms with Gasteiger partial charge in [0.05, 0.1) is 0 Å². The standard InChI is InChI=1S/C17H26N2/c18-16-6-4-5-15(13-16)14-9-11-19(12-10-14)17-7-2-1-3-8-17/h4-6,13-14,17H,1-3,7-12,18H2. The Morgan fingerprint density at radius 2 is 1.68 bits per heavy atom. The van der Waals surface area contributed by atoms with Crippen LogP contribution in [-0.2, 0) is 0 Å². The fraction of sp³-hybridized carbons (Fsp3) is 0.647. The molecule has 104 valence electrons. The molecule has 0 amide bonds. The summed E-state index contributed by atoms with van der Waals surface area (Å²) in [7, 11) is 0. The van der Waals surface area contributed by atoms with Gasteiger partial charge in [0.2, 0.25) is 0 Å². The van der Waals surface area contributed by atoms with Gasteiger partial charge in [-0.15, -0.1) is 0 Å². The van der Waals surface area contributed by atoms with E-state index in [9.17, 15) is 0 Å². The topological polar surface area (TPSA) is 29.3 Å². The molecule has 0 radical (unpaired) electrons. The van der Waals surface area contributed by atoms with Gasteiger partial charge in [-0.05, 0) is 62.4 Å². The first kappa shape index (κ1) is 13.0. The Balaban J connectivity index is 1.57. The predicted octanol–water partition coefficient (Wildman–Crippen LogP) is 3.78. The lowest BCUT2D eigenvalue weighted by Gasteiger charge is -2.39. The van der Waals surface area contributed by atoms with Crippen molar-refractivity contribution in [1.29, 1.82) is 0 Å². The molecule has 1 aliphatic heterocycles. The summed E-state index contributed by atoms with van der Waals surface area (Å²) in [4.78, 5) is 2.75. The lowest BCUT2D eigenvalue weighted by atomic mass is 9.86. The molecule has 2 nitrogen and oxygen atoms in total. The van der Waals surface area contributed by atoms with Crippen LogP contribution in [0.25, 0.3) is 0 Å². The van der Waals surface area contributed by atoms with Crippen LogP contribution in [0.1, 0.15) is 56.4 Å². The van der Waals surface area contributed by atoms with Crippen LogP contribution in [0.15, 0.2) is 24.3 Å². The van der Waals surface area contributed by atoms with E-state index in [-0.39, 0.29) is 0 Å². The summed E-state index contributed by atoms with van der Waals surface area (Å²) in [5, 5.41) is 0. The van der Waals surface area contributed by atoms with Crippen molar-refractivity contribution >= 4 is 5.69 Å². The van der Waals surface area contributed by atoms with Gasteiger partial charge in [-0.2, -0.15) is 0 Å². The summed E-state index contributed by atoms with van der Waals surface area (Å²) >= 11 is 0. The van der Waals surface area contributed by atoms with Gasteiger partial charge < -0.3 is 10.6 Å². The second-order valence-electron chi connectivity index (χ2n) is 6.27. The molecule has 2 heteroatoms. The minimum absolute atomic E-state index is 0.725. The number of piperidine rings is 1. The van der Waals surface area contributed by atoms with Crippen molar-refractivity contribution in [3.63, 3.8) is 0 Å². The largest absolute Gasteiger partial charge is 0.399 e. The van der Waals surface area contributed by atoms with Crippen molar-refractivity contribution in [2.24, 2.45) is 0 Å². The first-order chi connectivity index (χ1) is 9.33. The van der Waals surface area contributed by atoms with Gasteiger partial charge in [-0.1, -0.05) is 31.4 Å². The third-order valence-corrected chi connectivity index (χ3v) is 5.00. The number of hydrogen-bond donors (Lipinski definition) is 1. The summed E-state index contributed by atoms with van der Waals surface area (Å²) in [6, 6.07) is 9.38. The molecule has 0 aromatic heterocycles. The van der Waals surface area contributed by atoms with E-state index in [0.29, 0.717) is 0 Å². The summed E-state index contributed by atoms with van der Waals surface area (Å²) in [5.41, 5.74) is 8.26. The Morgan fingerprint density at radius 1 is 0.947 bits per heavy atom. The minimum Gasteiger partial charge on any atom is -0.399 e. The normalized spacial score (nSPS) is 23.6. The van der Waals surface area contributed by atoms with Crippen LogP contribution in [0.2, 0.25) is 0 Å². The summed E-state index contributed by atoms with van der Waals surface area (Å²) in [5.74, 6) is 0.725. The summed E-state index contributed by atoms with van der Waals surface area (Å²) in [6.07, 6.45) is 9.82. The number of nitrogens with two attached hydrogens (primary N) is 1. The van der Waals surface area contributed by atoms with Crippen molar-refractivity contribution in [2.75, 3.05) is 18.8 Å². The van der Waals surface area contributed by atoms with Crippen LogP contribution in [0.3, 0.4) is 0 Å². The highest BCUT2D eigenvalue weighted by molar-refractivity contribution is 5.41. The monoisotopic (exact) mass is 258 g/mol. The molecule has 1 saturated heterocycles. The zero-order valence-corrected chi connectivity index (χ0v) is 11.9. The Kier molecular flexibility index (Phi) is 4.07. The zero-order valence-electron chi connectivity index (χ0n) is 11.9. The van der Waals surface area contributed by atoms with Crippen LogP contribution in [0, 0.1) is 0 Å². The summed E-state index contributed by atoms with van der Waals surface area (Å²) < 4.78 is 0. The number of likely N-dealkylation sites (tertiary alicyclic amines) is 1. The number of rotatable bonds is 2. The van der Waals surface area contributed by atoms with Gasteiger partial charge in [0.15, 0.2) is 0 Å². The molecule has 0 bridgehead atoms. The lowest BCUT2D eigenvalue weighted by Crippen LogP contribution is -2.41. The molecule has 19 heavy (non-hydrogen) atoms. The Morgan fingerprint density at radius 3 is 2.37 bits per heavy atom. The maximum Gasteiger partial charge on any atom is 0.0316 e. The Labute approximate surface area is 117 Å². The van der Waals surface area contributed by atoms with Crippen molar-refractivity contribution in [3.8, 4) is 0 Å². The van der Waals surface area contributed by atoms with E-state index in [4.69, 9.17) is 5.73 Å². The molecular weight excluding hydrogens is 232 g/mol. The average Bonchev–Trinajstić information content (AvgIpc) is 2.48. The Hall–Kier alpha value is -1.02. The van der Waals surface area contributed by atoms with Gasteiger partial charge in [-0.3, -0.25) is 0 Å². The second kappa shape index (κ2) is 5.96. The maximum atomic E-state index is 5.90. The molecule has 1 aliphatic carbocycles. The molecule has 0 unspecified atom stereocenters. The molecule has 2 fully saturated rings. The number of hydrogen-bond acceptors (Lipinski definition) is 2. The lowest BCUT2D eigenvalue weighted by molar-refractivity contribution is 0.122. The van der Waals surface area contributed by atoms with E-state index in [2.05, 4.69) is 23.1 Å². The fourth-order valence-electron chi connectivity index (χ4n) is 3.86. The molecule has 0 atom stereocenters. The highest BCUT2D eigenvalue weighted by Gasteiger charge is 2.26. The van der Waals surface area contributed by atoms with Crippen molar-refractivity contribution in [2.45, 2.75) is 56.9 Å². The number of nitrogens with zero attached hydrogens (tertiary/aromatic N) is 1. The van der Waals surface area contributed by atoms with Crippen molar-refractivity contribution in [1.82, 2.24) is 4.90 Å². The molecule has 1 aromatic rings. The van der Waals surface area contributed by atoms with Gasteiger partial charge >= 0.3 is 0 Å². The quantitative estimate of drug-likeness (QED) is 0.818. The van der Waals surface area contributed by atoms with Crippen LogP contribution in [0.4, 0.5) is 5.69 Å². The number of anilines is 1. The predicted molar refractivity (Wildman–Crippen MR) is 81.3 cm³/mol. The SMILES string of the molecule is Nc1cccc(C2CCN(C3CCCCC3)CC2)c1. The van der Waals surface area contributed by atoms with Crippen LogP contribution < -0.4 is 5.73 Å². The number of nitrogen functional groups attached to an aromatic ring is 1. The third-order valence-electron chi connectivity index (χ3n) is 5.00. The molecule has 1 heterocycles. The van der Waals surface area contributed by atoms with Crippen molar-refractivity contribution < 1.29 is 0 Å². The van der Waals surface area contributed by atoms with Crippen LogP contribution in [-0.4, -0.2) is 24.0 Å². The van der Waals surface area contributed by atoms with E-state index in [1.807, 2.05) is 6.07 Å². The Bertz CT molecular complexity index is 401.